The average molecular weight is 219 g/mol. The number of anilines is 2. The number of nitrogens with zero attached hydrogens (tertiary/aromatic N) is 2. The van der Waals surface area contributed by atoms with Crippen molar-refractivity contribution in [1.29, 1.82) is 0 Å². The van der Waals surface area contributed by atoms with Crippen LogP contribution in [0, 0.1) is 12.8 Å². The average Bonchev–Trinajstić information content (AvgIpc) is 2.33. The van der Waals surface area contributed by atoms with Crippen LogP contribution in [-0.4, -0.2) is 18.1 Å². The normalized spacial score (nSPS) is 17.8. The second-order valence-electron chi connectivity index (χ2n) is 4.74. The number of hydrogen-bond acceptors (Lipinski definition) is 3. The van der Waals surface area contributed by atoms with E-state index in [4.69, 9.17) is 5.73 Å². The summed E-state index contributed by atoms with van der Waals surface area (Å²) in [6, 6.07) is 2.00. The molecule has 3 heteroatoms. The molecule has 0 aliphatic carbocycles. The van der Waals surface area contributed by atoms with Gasteiger partial charge >= 0.3 is 0 Å². The Morgan fingerprint density at radius 2 is 2.12 bits per heavy atom. The molecule has 2 N–H and O–H groups in total. The third-order valence-corrected chi connectivity index (χ3v) is 3.65. The molecule has 1 aliphatic rings. The van der Waals surface area contributed by atoms with Crippen LogP contribution in [0.25, 0.3) is 0 Å². The van der Waals surface area contributed by atoms with Crippen molar-refractivity contribution in [2.24, 2.45) is 5.92 Å². The van der Waals surface area contributed by atoms with Crippen molar-refractivity contribution in [2.75, 3.05) is 23.7 Å². The van der Waals surface area contributed by atoms with Gasteiger partial charge in [-0.05, 0) is 31.2 Å². The Labute approximate surface area is 97.7 Å². The van der Waals surface area contributed by atoms with Gasteiger partial charge in [0.05, 0.1) is 0 Å². The maximum absolute atomic E-state index is 5.91. The van der Waals surface area contributed by atoms with E-state index >= 15 is 0 Å². The van der Waals surface area contributed by atoms with Gasteiger partial charge in [0.25, 0.3) is 0 Å². The molecule has 2 heterocycles. The third-order valence-electron chi connectivity index (χ3n) is 3.65. The lowest BCUT2D eigenvalue weighted by Gasteiger charge is -2.32. The number of rotatable bonds is 2. The Balaban J connectivity index is 2.05. The minimum Gasteiger partial charge on any atom is -0.398 e. The summed E-state index contributed by atoms with van der Waals surface area (Å²) in [6.45, 7) is 6.51. The Morgan fingerprint density at radius 1 is 1.44 bits per heavy atom. The lowest BCUT2D eigenvalue weighted by molar-refractivity contribution is 0.394. The lowest BCUT2D eigenvalue weighted by atomic mass is 9.94. The van der Waals surface area contributed by atoms with E-state index in [1.807, 2.05) is 19.2 Å². The van der Waals surface area contributed by atoms with Crippen molar-refractivity contribution in [1.82, 2.24) is 4.98 Å². The topological polar surface area (TPSA) is 42.1 Å². The fraction of sp³-hybridized carbons (Fsp3) is 0.615. The van der Waals surface area contributed by atoms with E-state index in [9.17, 15) is 0 Å². The first-order chi connectivity index (χ1) is 7.70. The highest BCUT2D eigenvalue weighted by Gasteiger charge is 2.18. The van der Waals surface area contributed by atoms with Crippen LogP contribution in [0.4, 0.5) is 11.5 Å². The third kappa shape index (κ3) is 2.29. The zero-order chi connectivity index (χ0) is 11.5. The van der Waals surface area contributed by atoms with E-state index in [1.165, 1.54) is 19.3 Å². The Hall–Kier alpha value is -1.25. The molecule has 0 saturated carbocycles. The molecule has 0 amide bonds. The van der Waals surface area contributed by atoms with Crippen LogP contribution >= 0.6 is 0 Å². The van der Waals surface area contributed by atoms with Gasteiger partial charge in [-0.2, -0.15) is 0 Å². The van der Waals surface area contributed by atoms with Crippen molar-refractivity contribution in [3.05, 3.63) is 17.8 Å². The van der Waals surface area contributed by atoms with Crippen molar-refractivity contribution in [3.8, 4) is 0 Å². The molecule has 1 aromatic rings. The molecule has 0 atom stereocenters. The summed E-state index contributed by atoms with van der Waals surface area (Å²) in [5, 5.41) is 0. The number of aryl methyl sites for hydroxylation is 1. The van der Waals surface area contributed by atoms with Crippen LogP contribution in [-0.2, 0) is 0 Å². The Kier molecular flexibility index (Phi) is 3.32. The number of pyridine rings is 1. The van der Waals surface area contributed by atoms with Crippen LogP contribution in [0.5, 0.6) is 0 Å². The Morgan fingerprint density at radius 3 is 2.69 bits per heavy atom. The maximum Gasteiger partial charge on any atom is 0.130 e. The molecular weight excluding hydrogens is 198 g/mol. The largest absolute Gasteiger partial charge is 0.398 e. The zero-order valence-corrected chi connectivity index (χ0v) is 10.2. The highest BCUT2D eigenvalue weighted by molar-refractivity contribution is 5.54. The van der Waals surface area contributed by atoms with Crippen molar-refractivity contribution in [3.63, 3.8) is 0 Å². The van der Waals surface area contributed by atoms with Crippen LogP contribution in [0.2, 0.25) is 0 Å². The molecule has 0 bridgehead atoms. The van der Waals surface area contributed by atoms with E-state index in [2.05, 4.69) is 16.8 Å². The molecule has 0 aromatic carbocycles. The van der Waals surface area contributed by atoms with Gasteiger partial charge in [0.2, 0.25) is 0 Å². The van der Waals surface area contributed by atoms with Gasteiger partial charge in [-0.15, -0.1) is 0 Å². The van der Waals surface area contributed by atoms with E-state index < -0.39 is 0 Å². The van der Waals surface area contributed by atoms with Gasteiger partial charge in [0, 0.05) is 31.0 Å². The van der Waals surface area contributed by atoms with Gasteiger partial charge in [0.15, 0.2) is 0 Å². The fourth-order valence-electron chi connectivity index (χ4n) is 2.27. The summed E-state index contributed by atoms with van der Waals surface area (Å²) in [6.07, 6.45) is 5.74. The van der Waals surface area contributed by atoms with Crippen molar-refractivity contribution < 1.29 is 0 Å². The number of nitrogens with two attached hydrogens (primary N) is 1. The number of hydrogen-bond donors (Lipinski definition) is 1. The predicted octanol–water partition coefficient (Wildman–Crippen LogP) is 2.60. The zero-order valence-electron chi connectivity index (χ0n) is 10.2. The van der Waals surface area contributed by atoms with Gasteiger partial charge in [0.1, 0.15) is 5.82 Å². The molecule has 0 radical (unpaired) electrons. The van der Waals surface area contributed by atoms with Gasteiger partial charge in [-0.3, -0.25) is 0 Å². The number of nitrogen functional groups attached to an aromatic ring is 1. The number of aromatic nitrogens is 1. The Bertz CT molecular complexity index is 354. The van der Waals surface area contributed by atoms with Crippen LogP contribution < -0.4 is 10.6 Å². The van der Waals surface area contributed by atoms with E-state index in [0.717, 1.165) is 36.1 Å². The lowest BCUT2D eigenvalue weighted by Crippen LogP contribution is -2.34. The first kappa shape index (κ1) is 11.2. The number of piperidine rings is 1. The predicted molar refractivity (Wildman–Crippen MR) is 68.6 cm³/mol. The van der Waals surface area contributed by atoms with Gasteiger partial charge in [-0.1, -0.05) is 13.3 Å². The molecule has 0 spiro atoms. The molecule has 2 rings (SSSR count). The molecular formula is C13H21N3. The van der Waals surface area contributed by atoms with Crippen molar-refractivity contribution >= 4 is 11.5 Å². The van der Waals surface area contributed by atoms with Crippen LogP contribution in [0.15, 0.2) is 12.3 Å². The SMILES string of the molecule is CCC1CCN(c2cc(N)c(C)cn2)CC1. The second kappa shape index (κ2) is 4.73. The van der Waals surface area contributed by atoms with Crippen molar-refractivity contribution in [2.45, 2.75) is 33.1 Å². The molecule has 0 unspecified atom stereocenters. The van der Waals surface area contributed by atoms with E-state index in [0.29, 0.717) is 0 Å². The first-order valence-electron chi connectivity index (χ1n) is 6.17. The highest BCUT2D eigenvalue weighted by atomic mass is 15.2. The summed E-state index contributed by atoms with van der Waals surface area (Å²) in [4.78, 5) is 6.81. The van der Waals surface area contributed by atoms with Crippen LogP contribution in [0.1, 0.15) is 31.7 Å². The second-order valence-corrected chi connectivity index (χ2v) is 4.74. The van der Waals surface area contributed by atoms with E-state index in [-0.39, 0.29) is 0 Å². The standard InChI is InChI=1S/C13H21N3/c1-3-11-4-6-16(7-5-11)13-8-12(14)10(2)9-15-13/h8-9,11H,3-7H2,1-2H3,(H2,14,15). The van der Waals surface area contributed by atoms with Crippen LogP contribution in [0.3, 0.4) is 0 Å². The monoisotopic (exact) mass is 219 g/mol. The quantitative estimate of drug-likeness (QED) is 0.831. The minimum atomic E-state index is 0.850. The molecule has 88 valence electrons. The maximum atomic E-state index is 5.91. The molecule has 1 fully saturated rings. The smallest absolute Gasteiger partial charge is 0.130 e. The molecule has 16 heavy (non-hydrogen) atoms. The minimum absolute atomic E-state index is 0.850. The van der Waals surface area contributed by atoms with Gasteiger partial charge < -0.3 is 10.6 Å². The first-order valence-corrected chi connectivity index (χ1v) is 6.17. The summed E-state index contributed by atoms with van der Waals surface area (Å²) >= 11 is 0. The summed E-state index contributed by atoms with van der Waals surface area (Å²) < 4.78 is 0. The summed E-state index contributed by atoms with van der Waals surface area (Å²) in [7, 11) is 0. The summed E-state index contributed by atoms with van der Waals surface area (Å²) in [5.74, 6) is 1.94. The van der Waals surface area contributed by atoms with E-state index in [1.54, 1.807) is 0 Å². The molecule has 1 aliphatic heterocycles. The molecule has 3 nitrogen and oxygen atoms in total. The fourth-order valence-corrected chi connectivity index (χ4v) is 2.27. The molecule has 1 saturated heterocycles. The van der Waals surface area contributed by atoms with Gasteiger partial charge in [-0.25, -0.2) is 4.98 Å². The molecule has 1 aromatic heterocycles. The summed E-state index contributed by atoms with van der Waals surface area (Å²) in [5.41, 5.74) is 7.83. The highest BCUT2D eigenvalue weighted by Crippen LogP contribution is 2.25.